The van der Waals surface area contributed by atoms with Gasteiger partial charge in [0.25, 0.3) is 0 Å². The fraction of sp³-hybridized carbons (Fsp3) is 0.0769. The maximum atomic E-state index is 11.5. The maximum Gasteiger partial charge on any atom is 0.406 e. The van der Waals surface area contributed by atoms with Gasteiger partial charge in [-0.15, -0.1) is 0 Å². The van der Waals surface area contributed by atoms with Gasteiger partial charge in [-0.05, 0) is 24.3 Å². The van der Waals surface area contributed by atoms with E-state index in [9.17, 15) is 4.57 Å². The van der Waals surface area contributed by atoms with E-state index in [1.807, 2.05) is 12.1 Å². The number of methoxy groups -OCH3 is 1. The summed E-state index contributed by atoms with van der Waals surface area (Å²) in [6.07, 6.45) is 0. The molecule has 0 aliphatic rings. The highest BCUT2D eigenvalue weighted by molar-refractivity contribution is 7.83. The zero-order valence-corrected chi connectivity index (χ0v) is 13.0. The van der Waals surface area contributed by atoms with Gasteiger partial charge in [0.05, 0.1) is 7.11 Å². The highest BCUT2D eigenvalue weighted by Crippen LogP contribution is 2.48. The molecular weight excluding hydrogens is 320 g/mol. The molecular formula is C13H12Cl2NO3P. The van der Waals surface area contributed by atoms with E-state index in [2.05, 4.69) is 0 Å². The van der Waals surface area contributed by atoms with Gasteiger partial charge < -0.3 is 9.26 Å². The summed E-state index contributed by atoms with van der Waals surface area (Å²) in [5.41, 5.74) is 6.56. The van der Waals surface area contributed by atoms with Crippen LogP contribution >= 0.6 is 29.7 Å². The van der Waals surface area contributed by atoms with Crippen LogP contribution in [-0.4, -0.2) is 7.11 Å². The fourth-order valence-electron chi connectivity index (χ4n) is 1.74. The Labute approximate surface area is 126 Å². The van der Waals surface area contributed by atoms with Crippen LogP contribution in [0.5, 0.6) is 11.5 Å². The molecule has 2 aromatic carbocycles. The number of benzene rings is 2. The Kier molecular flexibility index (Phi) is 4.61. The average molecular weight is 332 g/mol. The van der Waals surface area contributed by atoms with Crippen LogP contribution in [0.4, 0.5) is 0 Å². The van der Waals surface area contributed by atoms with Crippen LogP contribution in [0, 0.1) is 0 Å². The second-order valence-electron chi connectivity index (χ2n) is 3.95. The molecule has 1 unspecified atom stereocenters. The summed E-state index contributed by atoms with van der Waals surface area (Å²) in [5.74, 6) is 0.883. The van der Waals surface area contributed by atoms with Gasteiger partial charge in [-0.2, -0.15) is 0 Å². The molecule has 2 rings (SSSR count). The molecule has 0 aliphatic carbocycles. The molecule has 1 atom stereocenters. The standard InChI is InChI=1S/C13H12Cl2NO3P/c1-18-9-6-7-13(19-20(15,16)17)11(8-9)10-4-2-3-5-12(10)14/h2-8H,1H3,(H2,16,17). The SMILES string of the molecule is COc1ccc(OP(N)(=O)Cl)c(-c2ccccc2Cl)c1. The molecule has 0 aliphatic heterocycles. The molecule has 4 nitrogen and oxygen atoms in total. The van der Waals surface area contributed by atoms with Crippen molar-refractivity contribution in [3.05, 3.63) is 47.5 Å². The zero-order valence-electron chi connectivity index (χ0n) is 10.5. The molecule has 0 radical (unpaired) electrons. The van der Waals surface area contributed by atoms with E-state index in [0.717, 1.165) is 0 Å². The van der Waals surface area contributed by atoms with E-state index < -0.39 is 6.87 Å². The molecule has 0 heterocycles. The summed E-state index contributed by atoms with van der Waals surface area (Å²) < 4.78 is 21.8. The monoisotopic (exact) mass is 331 g/mol. The summed E-state index contributed by atoms with van der Waals surface area (Å²) in [6.45, 7) is -3.69. The molecule has 0 saturated carbocycles. The van der Waals surface area contributed by atoms with Crippen molar-refractivity contribution < 1.29 is 13.8 Å². The zero-order chi connectivity index (χ0) is 14.8. The summed E-state index contributed by atoms with van der Waals surface area (Å²) in [5, 5.41) is 0.520. The van der Waals surface area contributed by atoms with Gasteiger partial charge in [0.1, 0.15) is 11.5 Å². The van der Waals surface area contributed by atoms with Gasteiger partial charge in [0.15, 0.2) is 0 Å². The molecule has 0 spiro atoms. The fourth-order valence-corrected chi connectivity index (χ4v) is 2.63. The van der Waals surface area contributed by atoms with Gasteiger partial charge >= 0.3 is 6.87 Å². The van der Waals surface area contributed by atoms with Gasteiger partial charge in [-0.25, -0.2) is 10.1 Å². The van der Waals surface area contributed by atoms with Crippen molar-refractivity contribution in [1.29, 1.82) is 0 Å². The van der Waals surface area contributed by atoms with Gasteiger partial charge in [-0.3, -0.25) is 0 Å². The second kappa shape index (κ2) is 6.06. The molecule has 0 aromatic heterocycles. The predicted octanol–water partition coefficient (Wildman–Crippen LogP) is 4.70. The van der Waals surface area contributed by atoms with E-state index in [0.29, 0.717) is 21.9 Å². The minimum atomic E-state index is -3.69. The van der Waals surface area contributed by atoms with Crippen LogP contribution in [-0.2, 0) is 4.57 Å². The predicted molar refractivity (Wildman–Crippen MR) is 81.7 cm³/mol. The van der Waals surface area contributed by atoms with Crippen LogP contribution in [0.1, 0.15) is 0 Å². The Morgan fingerprint density at radius 3 is 2.45 bits per heavy atom. The van der Waals surface area contributed by atoms with Gasteiger partial charge in [0, 0.05) is 27.4 Å². The van der Waals surface area contributed by atoms with Crippen molar-refractivity contribution in [2.45, 2.75) is 0 Å². The normalized spacial score (nSPS) is 13.6. The first kappa shape index (κ1) is 15.2. The topological polar surface area (TPSA) is 61.6 Å². The summed E-state index contributed by atoms with van der Waals surface area (Å²) in [7, 11) is 1.54. The Morgan fingerprint density at radius 1 is 1.15 bits per heavy atom. The van der Waals surface area contributed by atoms with Crippen LogP contribution in [0.2, 0.25) is 5.02 Å². The lowest BCUT2D eigenvalue weighted by molar-refractivity contribution is 0.414. The largest absolute Gasteiger partial charge is 0.497 e. The molecule has 7 heteroatoms. The summed E-state index contributed by atoms with van der Waals surface area (Å²) >= 11 is 11.7. The Bertz CT molecular complexity index is 672. The molecule has 2 N–H and O–H groups in total. The van der Waals surface area contributed by atoms with Crippen LogP contribution in [0.25, 0.3) is 11.1 Å². The first-order chi connectivity index (χ1) is 9.40. The number of rotatable bonds is 4. The van der Waals surface area contributed by atoms with E-state index in [4.69, 9.17) is 37.6 Å². The third kappa shape index (κ3) is 3.68. The number of hydrogen-bond donors (Lipinski definition) is 1. The molecule has 20 heavy (non-hydrogen) atoms. The van der Waals surface area contributed by atoms with E-state index in [1.54, 1.807) is 37.4 Å². The molecule has 0 fully saturated rings. The van der Waals surface area contributed by atoms with Crippen molar-refractivity contribution in [2.24, 2.45) is 5.50 Å². The minimum absolute atomic E-state index is 0.278. The van der Waals surface area contributed by atoms with Gasteiger partial charge in [0.2, 0.25) is 0 Å². The minimum Gasteiger partial charge on any atom is -0.497 e. The average Bonchev–Trinajstić information content (AvgIpc) is 2.38. The Morgan fingerprint density at radius 2 is 1.85 bits per heavy atom. The first-order valence-electron chi connectivity index (χ1n) is 5.61. The lowest BCUT2D eigenvalue weighted by atomic mass is 10.0. The highest BCUT2D eigenvalue weighted by Gasteiger charge is 2.18. The maximum absolute atomic E-state index is 11.5. The van der Waals surface area contributed by atoms with E-state index in [1.165, 1.54) is 0 Å². The lowest BCUT2D eigenvalue weighted by Gasteiger charge is -2.14. The van der Waals surface area contributed by atoms with Crippen molar-refractivity contribution in [1.82, 2.24) is 0 Å². The highest BCUT2D eigenvalue weighted by atomic mass is 35.7. The number of nitrogens with two attached hydrogens (primary N) is 1. The van der Waals surface area contributed by atoms with Crippen LogP contribution in [0.3, 0.4) is 0 Å². The van der Waals surface area contributed by atoms with Crippen molar-refractivity contribution in [3.63, 3.8) is 0 Å². The number of halogens is 2. The smallest absolute Gasteiger partial charge is 0.406 e. The Hall–Kier alpha value is -1.19. The van der Waals surface area contributed by atoms with Crippen LogP contribution < -0.4 is 14.8 Å². The number of hydrogen-bond acceptors (Lipinski definition) is 3. The van der Waals surface area contributed by atoms with Crippen molar-refractivity contribution >= 4 is 29.7 Å². The summed E-state index contributed by atoms with van der Waals surface area (Å²) in [6, 6.07) is 12.1. The quantitative estimate of drug-likeness (QED) is 0.825. The molecule has 0 bridgehead atoms. The van der Waals surface area contributed by atoms with Crippen LogP contribution in [0.15, 0.2) is 42.5 Å². The molecule has 0 amide bonds. The first-order valence-corrected chi connectivity index (χ1v) is 8.59. The van der Waals surface area contributed by atoms with Crippen molar-refractivity contribution in [2.75, 3.05) is 7.11 Å². The van der Waals surface area contributed by atoms with Gasteiger partial charge in [-0.1, -0.05) is 29.8 Å². The van der Waals surface area contributed by atoms with E-state index in [-0.39, 0.29) is 5.75 Å². The second-order valence-corrected chi connectivity index (χ2v) is 7.00. The van der Waals surface area contributed by atoms with E-state index >= 15 is 0 Å². The third-order valence-electron chi connectivity index (χ3n) is 2.57. The number of ether oxygens (including phenoxy) is 1. The third-order valence-corrected chi connectivity index (χ3v) is 3.56. The van der Waals surface area contributed by atoms with Crippen molar-refractivity contribution in [3.8, 4) is 22.6 Å². The molecule has 106 valence electrons. The molecule has 0 saturated heterocycles. The summed E-state index contributed by atoms with van der Waals surface area (Å²) in [4.78, 5) is 0. The Balaban J connectivity index is 2.59. The lowest BCUT2D eigenvalue weighted by Crippen LogP contribution is -1.98. The molecule has 2 aromatic rings.